The van der Waals surface area contributed by atoms with Gasteiger partial charge >= 0.3 is 17.9 Å². The zero-order chi connectivity index (χ0) is 17.6. The van der Waals surface area contributed by atoms with E-state index in [2.05, 4.69) is 4.74 Å². The number of esters is 3. The molecule has 0 saturated carbocycles. The third-order valence-electron chi connectivity index (χ3n) is 4.38. The van der Waals surface area contributed by atoms with Crippen molar-refractivity contribution in [3.8, 4) is 11.5 Å². The second-order valence-corrected chi connectivity index (χ2v) is 5.90. The van der Waals surface area contributed by atoms with Crippen LogP contribution in [0.2, 0.25) is 0 Å². The molecule has 0 aromatic heterocycles. The number of methoxy groups -OCH3 is 2. The Labute approximate surface area is 137 Å². The van der Waals surface area contributed by atoms with Crippen LogP contribution in [-0.2, 0) is 23.8 Å². The van der Waals surface area contributed by atoms with Gasteiger partial charge < -0.3 is 24.1 Å². The van der Waals surface area contributed by atoms with Crippen LogP contribution in [0.25, 0.3) is 0 Å². The Morgan fingerprint density at radius 3 is 2.67 bits per heavy atom. The quantitative estimate of drug-likeness (QED) is 0.641. The van der Waals surface area contributed by atoms with Gasteiger partial charge in [0.2, 0.25) is 6.10 Å². The molecule has 0 aliphatic carbocycles. The third-order valence-corrected chi connectivity index (χ3v) is 4.38. The van der Waals surface area contributed by atoms with Crippen LogP contribution >= 0.6 is 0 Å². The number of carbonyl (C=O) groups is 3. The number of phenols is 1. The summed E-state index contributed by atoms with van der Waals surface area (Å²) in [6, 6.07) is 2.81. The van der Waals surface area contributed by atoms with Gasteiger partial charge in [0.25, 0.3) is 0 Å². The number of carbonyl (C=O) groups excluding carboxylic acids is 3. The van der Waals surface area contributed by atoms with Crippen LogP contribution < -0.4 is 4.74 Å². The van der Waals surface area contributed by atoms with Crippen molar-refractivity contribution in [3.63, 3.8) is 0 Å². The molecule has 24 heavy (non-hydrogen) atoms. The summed E-state index contributed by atoms with van der Waals surface area (Å²) in [5.74, 6) is -2.93. The van der Waals surface area contributed by atoms with Crippen molar-refractivity contribution in [2.45, 2.75) is 31.0 Å². The average molecular weight is 336 g/mol. The molecule has 3 rings (SSSR count). The van der Waals surface area contributed by atoms with E-state index in [9.17, 15) is 19.5 Å². The zero-order valence-corrected chi connectivity index (χ0v) is 13.3. The van der Waals surface area contributed by atoms with Crippen molar-refractivity contribution in [1.82, 2.24) is 0 Å². The predicted octanol–water partition coefficient (Wildman–Crippen LogP) is 0.902. The lowest BCUT2D eigenvalue weighted by atomic mass is 9.76. The summed E-state index contributed by atoms with van der Waals surface area (Å²) in [5, 5.41) is 10.1. The molecule has 0 spiro atoms. The van der Waals surface area contributed by atoms with Crippen LogP contribution in [0.3, 0.4) is 0 Å². The van der Waals surface area contributed by atoms with Gasteiger partial charge in [-0.25, -0.2) is 9.59 Å². The minimum Gasteiger partial charge on any atom is -0.507 e. The lowest BCUT2D eigenvalue weighted by Crippen LogP contribution is -2.41. The Morgan fingerprint density at radius 2 is 2.04 bits per heavy atom. The number of aromatic hydroxyl groups is 1. The highest BCUT2D eigenvalue weighted by Gasteiger charge is 2.60. The van der Waals surface area contributed by atoms with Crippen LogP contribution in [0.4, 0.5) is 0 Å². The molecule has 1 fully saturated rings. The first-order valence-electron chi connectivity index (χ1n) is 7.22. The fraction of sp³-hybridized carbons (Fsp3) is 0.438. The van der Waals surface area contributed by atoms with E-state index in [-0.39, 0.29) is 17.7 Å². The minimum atomic E-state index is -1.27. The molecule has 0 amide bonds. The number of cyclic esters (lactones) is 1. The first kappa shape index (κ1) is 16.1. The van der Waals surface area contributed by atoms with Crippen LogP contribution in [0.15, 0.2) is 12.1 Å². The summed E-state index contributed by atoms with van der Waals surface area (Å²) in [6.45, 7) is 1.56. The van der Waals surface area contributed by atoms with Gasteiger partial charge in [-0.2, -0.15) is 0 Å². The second kappa shape index (κ2) is 5.40. The summed E-state index contributed by atoms with van der Waals surface area (Å²) in [6.07, 6.45) is -1.41. The Morgan fingerprint density at radius 1 is 1.33 bits per heavy atom. The van der Waals surface area contributed by atoms with E-state index >= 15 is 0 Å². The summed E-state index contributed by atoms with van der Waals surface area (Å²) in [5.41, 5.74) is -1.000. The highest BCUT2D eigenvalue weighted by molar-refractivity contribution is 5.99. The fourth-order valence-corrected chi connectivity index (χ4v) is 3.30. The van der Waals surface area contributed by atoms with E-state index in [0.717, 1.165) is 0 Å². The van der Waals surface area contributed by atoms with Crippen molar-refractivity contribution >= 4 is 17.9 Å². The van der Waals surface area contributed by atoms with Crippen LogP contribution in [0.1, 0.15) is 35.2 Å². The number of hydrogen-bond donors (Lipinski definition) is 1. The number of hydrogen-bond acceptors (Lipinski definition) is 8. The maximum atomic E-state index is 12.2. The molecule has 8 nitrogen and oxygen atoms in total. The molecule has 1 saturated heterocycles. The van der Waals surface area contributed by atoms with Crippen molar-refractivity contribution in [2.24, 2.45) is 0 Å². The Bertz CT molecular complexity index is 740. The van der Waals surface area contributed by atoms with Crippen molar-refractivity contribution in [3.05, 3.63) is 23.3 Å². The maximum absolute atomic E-state index is 12.2. The molecule has 128 valence electrons. The van der Waals surface area contributed by atoms with E-state index < -0.39 is 35.5 Å². The largest absolute Gasteiger partial charge is 0.507 e. The topological polar surface area (TPSA) is 108 Å². The summed E-state index contributed by atoms with van der Waals surface area (Å²) >= 11 is 0. The van der Waals surface area contributed by atoms with Crippen LogP contribution in [0.5, 0.6) is 11.5 Å². The lowest BCUT2D eigenvalue weighted by molar-refractivity contribution is -0.157. The number of rotatable bonds is 3. The van der Waals surface area contributed by atoms with Gasteiger partial charge in [0.1, 0.15) is 22.7 Å². The minimum absolute atomic E-state index is 0.0635. The maximum Gasteiger partial charge on any atom is 0.348 e. The van der Waals surface area contributed by atoms with Gasteiger partial charge in [0.05, 0.1) is 26.6 Å². The van der Waals surface area contributed by atoms with Gasteiger partial charge in [-0.05, 0) is 18.6 Å². The smallest absolute Gasteiger partial charge is 0.348 e. The van der Waals surface area contributed by atoms with Gasteiger partial charge in [-0.3, -0.25) is 4.79 Å². The highest BCUT2D eigenvalue weighted by Crippen LogP contribution is 2.50. The van der Waals surface area contributed by atoms with Crippen molar-refractivity contribution in [2.75, 3.05) is 14.2 Å². The van der Waals surface area contributed by atoms with Crippen molar-refractivity contribution < 1.29 is 38.4 Å². The summed E-state index contributed by atoms with van der Waals surface area (Å²) in [4.78, 5) is 36.0. The standard InChI is InChI=1S/C16H16O8/c1-16(6-10(18)22-3)12-8-4-7(21-2)5-9(17)11(8)14(19)23-13(12)15(20)24-16/h4-5,12-13,17H,6H2,1-3H3. The van der Waals surface area contributed by atoms with E-state index in [1.165, 1.54) is 26.4 Å². The van der Waals surface area contributed by atoms with Gasteiger partial charge in [0, 0.05) is 6.07 Å². The monoisotopic (exact) mass is 336 g/mol. The zero-order valence-electron chi connectivity index (χ0n) is 13.3. The molecule has 0 radical (unpaired) electrons. The number of phenolic OH excluding ortho intramolecular Hbond substituents is 1. The number of benzene rings is 1. The van der Waals surface area contributed by atoms with E-state index in [1.807, 2.05) is 0 Å². The lowest BCUT2D eigenvalue weighted by Gasteiger charge is -2.33. The molecule has 3 atom stereocenters. The van der Waals surface area contributed by atoms with E-state index in [1.54, 1.807) is 6.92 Å². The average Bonchev–Trinajstić information content (AvgIpc) is 2.77. The molecule has 3 unspecified atom stereocenters. The Kier molecular flexibility index (Phi) is 3.62. The fourth-order valence-electron chi connectivity index (χ4n) is 3.30. The first-order valence-corrected chi connectivity index (χ1v) is 7.22. The SMILES string of the molecule is COC(=O)CC1(C)OC(=O)C2OC(=O)c3c(O)cc(OC)cc3C21. The molecule has 2 heterocycles. The molecule has 0 bridgehead atoms. The molecular formula is C16H16O8. The Hall–Kier alpha value is -2.77. The molecule has 2 aliphatic heterocycles. The van der Waals surface area contributed by atoms with Gasteiger partial charge in [0.15, 0.2) is 0 Å². The summed E-state index contributed by atoms with van der Waals surface area (Å²) < 4.78 is 20.3. The molecule has 1 aromatic rings. The molecule has 1 aromatic carbocycles. The van der Waals surface area contributed by atoms with E-state index in [4.69, 9.17) is 14.2 Å². The normalized spacial score (nSPS) is 27.6. The van der Waals surface area contributed by atoms with Crippen LogP contribution in [-0.4, -0.2) is 48.9 Å². The van der Waals surface area contributed by atoms with Gasteiger partial charge in [-0.15, -0.1) is 0 Å². The van der Waals surface area contributed by atoms with Crippen molar-refractivity contribution in [1.29, 1.82) is 0 Å². The second-order valence-electron chi connectivity index (χ2n) is 5.90. The first-order chi connectivity index (χ1) is 11.3. The number of ether oxygens (including phenoxy) is 4. The van der Waals surface area contributed by atoms with E-state index in [0.29, 0.717) is 11.3 Å². The Balaban J connectivity index is 2.17. The van der Waals surface area contributed by atoms with Crippen LogP contribution in [0, 0.1) is 0 Å². The molecule has 1 N–H and O–H groups in total. The number of fused-ring (bicyclic) bond motifs is 3. The molecule has 8 heteroatoms. The van der Waals surface area contributed by atoms with Gasteiger partial charge in [-0.1, -0.05) is 0 Å². The summed E-state index contributed by atoms with van der Waals surface area (Å²) in [7, 11) is 2.63. The third kappa shape index (κ3) is 2.26. The molecular weight excluding hydrogens is 320 g/mol. The predicted molar refractivity (Wildman–Crippen MR) is 77.7 cm³/mol. The molecule has 2 aliphatic rings. The highest BCUT2D eigenvalue weighted by atomic mass is 16.6.